The van der Waals surface area contributed by atoms with Crippen LogP contribution in [0.25, 0.3) is 0 Å². The van der Waals surface area contributed by atoms with Crippen molar-refractivity contribution in [2.75, 3.05) is 19.6 Å². The second kappa shape index (κ2) is 6.75. The third-order valence-electron chi connectivity index (χ3n) is 3.39. The highest BCUT2D eigenvalue weighted by Crippen LogP contribution is 2.33. The normalized spacial score (nSPS) is 18.7. The van der Waals surface area contributed by atoms with Crippen LogP contribution in [0.3, 0.4) is 0 Å². The Hall–Kier alpha value is -0.290. The molecule has 1 saturated carbocycles. The van der Waals surface area contributed by atoms with Crippen LogP contribution in [0.1, 0.15) is 40.0 Å². The Bertz CT molecular complexity index is 237. The molecule has 1 rings (SSSR count). The van der Waals surface area contributed by atoms with Crippen molar-refractivity contribution >= 4 is 0 Å². The Morgan fingerprint density at radius 3 is 2.28 bits per heavy atom. The zero-order valence-corrected chi connectivity index (χ0v) is 11.6. The van der Waals surface area contributed by atoms with Crippen molar-refractivity contribution in [3.8, 4) is 0 Å². The Morgan fingerprint density at radius 2 is 1.89 bits per heavy atom. The highest BCUT2D eigenvalue weighted by molar-refractivity contribution is 4.89. The van der Waals surface area contributed by atoms with E-state index in [1.807, 2.05) is 13.8 Å². The summed E-state index contributed by atoms with van der Waals surface area (Å²) in [5.41, 5.74) is 0. The molecule has 1 fully saturated rings. The Morgan fingerprint density at radius 1 is 1.28 bits per heavy atom. The van der Waals surface area contributed by atoms with Gasteiger partial charge in [0.05, 0.1) is 6.54 Å². The van der Waals surface area contributed by atoms with Crippen LogP contribution in [-0.4, -0.2) is 42.8 Å². The van der Waals surface area contributed by atoms with Gasteiger partial charge in [-0.05, 0) is 45.6 Å². The van der Waals surface area contributed by atoms with Gasteiger partial charge in [0.25, 0.3) is 0 Å². The molecule has 0 spiro atoms. The fourth-order valence-corrected chi connectivity index (χ4v) is 2.15. The van der Waals surface area contributed by atoms with Gasteiger partial charge in [0.1, 0.15) is 0 Å². The van der Waals surface area contributed by atoms with E-state index in [9.17, 15) is 13.2 Å². The standard InChI is InChI=1S/C13H25F3N2/c1-4-7-17-12(11-5-6-11)8-18(10(2)3)9-13(14,15)16/h10-12,17H,4-9H2,1-3H3. The monoisotopic (exact) mass is 266 g/mol. The van der Waals surface area contributed by atoms with Crippen molar-refractivity contribution in [3.05, 3.63) is 0 Å². The lowest BCUT2D eigenvalue weighted by molar-refractivity contribution is -0.150. The van der Waals surface area contributed by atoms with Crippen LogP contribution in [-0.2, 0) is 0 Å². The van der Waals surface area contributed by atoms with Crippen LogP contribution in [0.4, 0.5) is 13.2 Å². The SMILES string of the molecule is CCCNC(CN(CC(F)(F)F)C(C)C)C1CC1. The van der Waals surface area contributed by atoms with Gasteiger partial charge in [-0.15, -0.1) is 0 Å². The first-order valence-electron chi connectivity index (χ1n) is 6.87. The number of alkyl halides is 3. The van der Waals surface area contributed by atoms with Gasteiger partial charge < -0.3 is 5.32 Å². The predicted molar refractivity (Wildman–Crippen MR) is 67.6 cm³/mol. The van der Waals surface area contributed by atoms with Crippen molar-refractivity contribution in [2.24, 2.45) is 5.92 Å². The molecule has 2 nitrogen and oxygen atoms in total. The van der Waals surface area contributed by atoms with Gasteiger partial charge in [0.15, 0.2) is 0 Å². The molecule has 0 amide bonds. The Balaban J connectivity index is 2.50. The summed E-state index contributed by atoms with van der Waals surface area (Å²) in [5, 5.41) is 3.39. The Labute approximate surface area is 108 Å². The van der Waals surface area contributed by atoms with E-state index in [1.165, 1.54) is 4.90 Å². The first kappa shape index (κ1) is 15.8. The van der Waals surface area contributed by atoms with E-state index < -0.39 is 12.7 Å². The maximum atomic E-state index is 12.5. The summed E-state index contributed by atoms with van der Waals surface area (Å²) >= 11 is 0. The van der Waals surface area contributed by atoms with E-state index in [0.29, 0.717) is 12.5 Å². The molecule has 0 aromatic carbocycles. The fraction of sp³-hybridized carbons (Fsp3) is 1.00. The second-order valence-electron chi connectivity index (χ2n) is 5.54. The van der Waals surface area contributed by atoms with Gasteiger partial charge in [-0.2, -0.15) is 13.2 Å². The van der Waals surface area contributed by atoms with Crippen molar-refractivity contribution in [2.45, 2.75) is 58.3 Å². The van der Waals surface area contributed by atoms with E-state index in [0.717, 1.165) is 25.8 Å². The molecule has 5 heteroatoms. The van der Waals surface area contributed by atoms with Gasteiger partial charge in [0.2, 0.25) is 0 Å². The van der Waals surface area contributed by atoms with Gasteiger partial charge in [-0.1, -0.05) is 6.92 Å². The molecule has 0 bridgehead atoms. The van der Waals surface area contributed by atoms with Crippen LogP contribution in [0, 0.1) is 5.92 Å². The third kappa shape index (κ3) is 6.05. The number of hydrogen-bond acceptors (Lipinski definition) is 2. The molecule has 0 radical (unpaired) electrons. The van der Waals surface area contributed by atoms with Crippen molar-refractivity contribution in [3.63, 3.8) is 0 Å². The van der Waals surface area contributed by atoms with Gasteiger partial charge in [-0.25, -0.2) is 0 Å². The molecule has 1 unspecified atom stereocenters. The largest absolute Gasteiger partial charge is 0.401 e. The maximum Gasteiger partial charge on any atom is 0.401 e. The lowest BCUT2D eigenvalue weighted by atomic mass is 10.1. The summed E-state index contributed by atoms with van der Waals surface area (Å²) in [5.74, 6) is 0.575. The average Bonchev–Trinajstić information content (AvgIpc) is 3.04. The zero-order chi connectivity index (χ0) is 13.8. The lowest BCUT2D eigenvalue weighted by Gasteiger charge is -2.32. The molecular formula is C13H25F3N2. The van der Waals surface area contributed by atoms with E-state index in [2.05, 4.69) is 12.2 Å². The molecule has 1 aliphatic carbocycles. The van der Waals surface area contributed by atoms with Crippen LogP contribution in [0.5, 0.6) is 0 Å². The molecular weight excluding hydrogens is 241 g/mol. The van der Waals surface area contributed by atoms with Crippen molar-refractivity contribution in [1.29, 1.82) is 0 Å². The molecule has 0 aromatic rings. The van der Waals surface area contributed by atoms with E-state index in [4.69, 9.17) is 0 Å². The van der Waals surface area contributed by atoms with E-state index in [1.54, 1.807) is 0 Å². The minimum atomic E-state index is -4.11. The molecule has 18 heavy (non-hydrogen) atoms. The minimum absolute atomic E-state index is 0.0729. The van der Waals surface area contributed by atoms with E-state index in [-0.39, 0.29) is 12.1 Å². The highest BCUT2D eigenvalue weighted by Gasteiger charge is 2.36. The minimum Gasteiger partial charge on any atom is -0.312 e. The van der Waals surface area contributed by atoms with Crippen LogP contribution >= 0.6 is 0 Å². The summed E-state index contributed by atoms with van der Waals surface area (Å²) in [6.07, 6.45) is -0.786. The molecule has 1 atom stereocenters. The number of hydrogen-bond donors (Lipinski definition) is 1. The number of halogens is 3. The smallest absolute Gasteiger partial charge is 0.312 e. The topological polar surface area (TPSA) is 15.3 Å². The van der Waals surface area contributed by atoms with Crippen LogP contribution < -0.4 is 5.32 Å². The van der Waals surface area contributed by atoms with Crippen molar-refractivity contribution < 1.29 is 13.2 Å². The number of rotatable bonds is 8. The summed E-state index contributed by atoms with van der Waals surface area (Å²) in [7, 11) is 0. The zero-order valence-electron chi connectivity index (χ0n) is 11.6. The summed E-state index contributed by atoms with van der Waals surface area (Å²) in [4.78, 5) is 1.53. The first-order valence-corrected chi connectivity index (χ1v) is 6.87. The highest BCUT2D eigenvalue weighted by atomic mass is 19.4. The third-order valence-corrected chi connectivity index (χ3v) is 3.39. The molecule has 0 heterocycles. The molecule has 108 valence electrons. The van der Waals surface area contributed by atoms with Crippen molar-refractivity contribution in [1.82, 2.24) is 10.2 Å². The summed E-state index contributed by atoms with van der Waals surface area (Å²) < 4.78 is 37.6. The fourth-order valence-electron chi connectivity index (χ4n) is 2.15. The summed E-state index contributed by atoms with van der Waals surface area (Å²) in [6, 6.07) is 0.144. The van der Waals surface area contributed by atoms with Gasteiger partial charge >= 0.3 is 6.18 Å². The number of nitrogens with one attached hydrogen (secondary N) is 1. The molecule has 0 aliphatic heterocycles. The van der Waals surface area contributed by atoms with Gasteiger partial charge in [-0.3, -0.25) is 4.90 Å². The lowest BCUT2D eigenvalue weighted by Crippen LogP contribution is -2.48. The van der Waals surface area contributed by atoms with E-state index >= 15 is 0 Å². The molecule has 0 aromatic heterocycles. The quantitative estimate of drug-likeness (QED) is 0.726. The van der Waals surface area contributed by atoms with Gasteiger partial charge in [0, 0.05) is 18.6 Å². The van der Waals surface area contributed by atoms with Crippen LogP contribution in [0.15, 0.2) is 0 Å². The number of nitrogens with zero attached hydrogens (tertiary/aromatic N) is 1. The maximum absolute atomic E-state index is 12.5. The predicted octanol–water partition coefficient (Wildman–Crippen LogP) is 3.04. The molecule has 1 N–H and O–H groups in total. The van der Waals surface area contributed by atoms with Crippen LogP contribution in [0.2, 0.25) is 0 Å². The molecule has 0 saturated heterocycles. The first-order chi connectivity index (χ1) is 8.33. The average molecular weight is 266 g/mol. The Kier molecular flexibility index (Phi) is 5.92. The second-order valence-corrected chi connectivity index (χ2v) is 5.54. The molecule has 1 aliphatic rings. The summed E-state index contributed by atoms with van der Waals surface area (Å²) in [6.45, 7) is 6.32.